The Morgan fingerprint density at radius 1 is 0.692 bits per heavy atom. The Morgan fingerprint density at radius 3 is 1.65 bits per heavy atom. The van der Waals surface area contributed by atoms with E-state index in [0.29, 0.717) is 51.8 Å². The Kier molecular flexibility index (Phi) is 5.86. The summed E-state index contributed by atoms with van der Waals surface area (Å²) in [4.78, 5) is 0. The van der Waals surface area contributed by atoms with Gasteiger partial charge in [0.1, 0.15) is 36.9 Å². The SMILES string of the molecule is c1cc2ccc(OCCOCC3CO3)cc2cc1OCCOCC1CO1. The first kappa shape index (κ1) is 17.5. The van der Waals surface area contributed by atoms with Crippen molar-refractivity contribution in [3.63, 3.8) is 0 Å². The van der Waals surface area contributed by atoms with Gasteiger partial charge in [0.25, 0.3) is 0 Å². The molecule has 0 saturated carbocycles. The van der Waals surface area contributed by atoms with Gasteiger partial charge in [-0.25, -0.2) is 0 Å². The van der Waals surface area contributed by atoms with Crippen LogP contribution in [0.2, 0.25) is 0 Å². The summed E-state index contributed by atoms with van der Waals surface area (Å²) in [5, 5.41) is 2.23. The van der Waals surface area contributed by atoms with E-state index in [2.05, 4.69) is 0 Å². The lowest BCUT2D eigenvalue weighted by Gasteiger charge is -2.10. The zero-order chi connectivity index (χ0) is 17.6. The van der Waals surface area contributed by atoms with Gasteiger partial charge in [-0.2, -0.15) is 0 Å². The Balaban J connectivity index is 1.23. The molecule has 0 N–H and O–H groups in total. The Bertz CT molecular complexity index is 654. The summed E-state index contributed by atoms with van der Waals surface area (Å²) >= 11 is 0. The predicted molar refractivity (Wildman–Crippen MR) is 96.1 cm³/mol. The Labute approximate surface area is 152 Å². The number of rotatable bonds is 12. The van der Waals surface area contributed by atoms with Crippen LogP contribution in [0.25, 0.3) is 10.8 Å². The summed E-state index contributed by atoms with van der Waals surface area (Å²) in [5.41, 5.74) is 0. The van der Waals surface area contributed by atoms with Crippen LogP contribution in [0, 0.1) is 0 Å². The van der Waals surface area contributed by atoms with Crippen LogP contribution in [-0.2, 0) is 18.9 Å². The minimum atomic E-state index is 0.293. The van der Waals surface area contributed by atoms with E-state index in [1.807, 2.05) is 36.4 Å². The lowest BCUT2D eigenvalue weighted by Crippen LogP contribution is -2.10. The summed E-state index contributed by atoms with van der Waals surface area (Å²) in [7, 11) is 0. The zero-order valence-corrected chi connectivity index (χ0v) is 14.7. The van der Waals surface area contributed by atoms with Crippen molar-refractivity contribution < 1.29 is 28.4 Å². The number of hydrogen-bond acceptors (Lipinski definition) is 6. The van der Waals surface area contributed by atoms with Gasteiger partial charge in [0.15, 0.2) is 0 Å². The van der Waals surface area contributed by atoms with Gasteiger partial charge < -0.3 is 28.4 Å². The van der Waals surface area contributed by atoms with Crippen LogP contribution in [0.1, 0.15) is 0 Å². The molecular formula is C20H24O6. The van der Waals surface area contributed by atoms with Gasteiger partial charge in [-0.1, -0.05) is 12.1 Å². The van der Waals surface area contributed by atoms with Gasteiger partial charge in [0.05, 0.1) is 39.6 Å². The fraction of sp³-hybridized carbons (Fsp3) is 0.500. The van der Waals surface area contributed by atoms with E-state index in [-0.39, 0.29) is 0 Å². The maximum atomic E-state index is 5.76. The molecule has 2 aromatic carbocycles. The lowest BCUT2D eigenvalue weighted by atomic mass is 10.1. The molecule has 140 valence electrons. The molecule has 0 radical (unpaired) electrons. The second-order valence-corrected chi connectivity index (χ2v) is 6.43. The van der Waals surface area contributed by atoms with Crippen LogP contribution in [0.4, 0.5) is 0 Å². The summed E-state index contributed by atoms with van der Waals surface area (Å²) in [6, 6.07) is 12.1. The molecular weight excluding hydrogens is 336 g/mol. The van der Waals surface area contributed by atoms with Gasteiger partial charge in [-0.3, -0.25) is 0 Å². The van der Waals surface area contributed by atoms with Crippen molar-refractivity contribution in [1.29, 1.82) is 0 Å². The quantitative estimate of drug-likeness (QED) is 0.428. The molecule has 0 amide bonds. The van der Waals surface area contributed by atoms with Crippen molar-refractivity contribution in [3.8, 4) is 11.5 Å². The van der Waals surface area contributed by atoms with E-state index in [1.165, 1.54) is 0 Å². The summed E-state index contributed by atoms with van der Waals surface area (Å²) < 4.78 is 32.7. The van der Waals surface area contributed by atoms with Gasteiger partial charge in [0, 0.05) is 0 Å². The molecule has 6 heteroatoms. The van der Waals surface area contributed by atoms with Crippen LogP contribution in [0.3, 0.4) is 0 Å². The number of fused-ring (bicyclic) bond motifs is 1. The van der Waals surface area contributed by atoms with Crippen molar-refractivity contribution in [2.45, 2.75) is 12.2 Å². The van der Waals surface area contributed by atoms with E-state index < -0.39 is 0 Å². The zero-order valence-electron chi connectivity index (χ0n) is 14.7. The highest BCUT2D eigenvalue weighted by Gasteiger charge is 2.22. The molecule has 4 rings (SSSR count). The van der Waals surface area contributed by atoms with Crippen LogP contribution < -0.4 is 9.47 Å². The van der Waals surface area contributed by atoms with Crippen molar-refractivity contribution in [1.82, 2.24) is 0 Å². The van der Waals surface area contributed by atoms with Crippen molar-refractivity contribution in [2.24, 2.45) is 0 Å². The van der Waals surface area contributed by atoms with Crippen molar-refractivity contribution in [2.75, 3.05) is 52.9 Å². The standard InChI is InChI=1S/C20H24O6/c1-3-17(23-7-5-21-11-19-13-25-19)9-16-10-18(4-2-15(1)16)24-8-6-22-12-20-14-26-20/h1-4,9-10,19-20H,5-8,11-14H2. The molecule has 2 unspecified atom stereocenters. The average Bonchev–Trinajstić information content (AvgIpc) is 3.56. The molecule has 2 aromatic rings. The monoisotopic (exact) mass is 360 g/mol. The lowest BCUT2D eigenvalue weighted by molar-refractivity contribution is 0.0877. The fourth-order valence-electron chi connectivity index (χ4n) is 2.58. The third-order valence-corrected chi connectivity index (χ3v) is 4.19. The van der Waals surface area contributed by atoms with Crippen molar-refractivity contribution >= 4 is 10.8 Å². The van der Waals surface area contributed by atoms with Gasteiger partial charge in [-0.05, 0) is 35.0 Å². The summed E-state index contributed by atoms with van der Waals surface area (Å²) in [6.07, 6.45) is 0.586. The number of ether oxygens (including phenoxy) is 6. The summed E-state index contributed by atoms with van der Waals surface area (Å²) in [5.74, 6) is 1.65. The average molecular weight is 360 g/mol. The Morgan fingerprint density at radius 2 is 1.19 bits per heavy atom. The molecule has 0 bridgehead atoms. The second kappa shape index (κ2) is 8.68. The van der Waals surface area contributed by atoms with Gasteiger partial charge in [0.2, 0.25) is 0 Å². The highest BCUT2D eigenvalue weighted by atomic mass is 16.6. The third kappa shape index (κ3) is 5.57. The molecule has 2 atom stereocenters. The van der Waals surface area contributed by atoms with Crippen LogP contribution in [-0.4, -0.2) is 65.1 Å². The van der Waals surface area contributed by atoms with Gasteiger partial charge >= 0.3 is 0 Å². The Hall–Kier alpha value is -1.86. The van der Waals surface area contributed by atoms with E-state index in [1.54, 1.807) is 0 Å². The first-order valence-electron chi connectivity index (χ1n) is 9.05. The normalized spacial score (nSPS) is 20.9. The first-order chi connectivity index (χ1) is 12.9. The summed E-state index contributed by atoms with van der Waals surface area (Å²) in [6.45, 7) is 5.11. The van der Waals surface area contributed by atoms with Crippen molar-refractivity contribution in [3.05, 3.63) is 36.4 Å². The van der Waals surface area contributed by atoms with Crippen LogP contribution in [0.5, 0.6) is 11.5 Å². The van der Waals surface area contributed by atoms with Gasteiger partial charge in [-0.15, -0.1) is 0 Å². The smallest absolute Gasteiger partial charge is 0.120 e. The van der Waals surface area contributed by atoms with E-state index >= 15 is 0 Å². The van der Waals surface area contributed by atoms with Crippen LogP contribution >= 0.6 is 0 Å². The number of benzene rings is 2. The molecule has 2 aliphatic rings. The molecule has 2 saturated heterocycles. The first-order valence-corrected chi connectivity index (χ1v) is 9.05. The molecule has 0 spiro atoms. The van der Waals surface area contributed by atoms with E-state index in [9.17, 15) is 0 Å². The molecule has 0 aromatic heterocycles. The molecule has 6 nitrogen and oxygen atoms in total. The molecule has 2 fully saturated rings. The highest BCUT2D eigenvalue weighted by Crippen LogP contribution is 2.25. The second-order valence-electron chi connectivity index (χ2n) is 6.43. The molecule has 2 heterocycles. The van der Waals surface area contributed by atoms with Crippen LogP contribution in [0.15, 0.2) is 36.4 Å². The minimum absolute atomic E-state index is 0.293. The maximum Gasteiger partial charge on any atom is 0.120 e. The topological polar surface area (TPSA) is 62.0 Å². The largest absolute Gasteiger partial charge is 0.491 e. The molecule has 26 heavy (non-hydrogen) atoms. The van der Waals surface area contributed by atoms with E-state index in [0.717, 1.165) is 35.5 Å². The molecule has 2 aliphatic heterocycles. The highest BCUT2D eigenvalue weighted by molar-refractivity contribution is 5.85. The molecule has 0 aliphatic carbocycles. The minimum Gasteiger partial charge on any atom is -0.491 e. The number of epoxide rings is 2. The van der Waals surface area contributed by atoms with E-state index in [4.69, 9.17) is 28.4 Å². The fourth-order valence-corrected chi connectivity index (χ4v) is 2.58. The number of hydrogen-bond donors (Lipinski definition) is 0. The predicted octanol–water partition coefficient (Wildman–Crippen LogP) is 2.43. The maximum absolute atomic E-state index is 5.76. The third-order valence-electron chi connectivity index (χ3n) is 4.19.